The van der Waals surface area contributed by atoms with Crippen LogP contribution in [0.5, 0.6) is 0 Å². The van der Waals surface area contributed by atoms with E-state index >= 15 is 0 Å². The summed E-state index contributed by atoms with van der Waals surface area (Å²) in [6.45, 7) is 5.81. The van der Waals surface area contributed by atoms with E-state index < -0.39 is 36.0 Å². The molecule has 3 atom stereocenters. The number of carbonyl (C=O) groups excluding carboxylic acids is 4. The monoisotopic (exact) mass is 400 g/mol. The summed E-state index contributed by atoms with van der Waals surface area (Å²) in [6.07, 6.45) is 2.81. The highest BCUT2D eigenvalue weighted by atomic mass is 16.2. The van der Waals surface area contributed by atoms with Gasteiger partial charge in [0.2, 0.25) is 11.8 Å². The van der Waals surface area contributed by atoms with Gasteiger partial charge in [-0.15, -0.1) is 0 Å². The molecular formula is C18H36N6O4. The highest BCUT2D eigenvalue weighted by Gasteiger charge is 2.28. The highest BCUT2D eigenvalue weighted by molar-refractivity contribution is 5.93. The zero-order valence-electron chi connectivity index (χ0n) is 17.1. The van der Waals surface area contributed by atoms with Crippen LogP contribution in [0.4, 0.5) is 4.79 Å². The van der Waals surface area contributed by atoms with E-state index in [1.807, 2.05) is 0 Å². The fraction of sp³-hybridized carbons (Fsp3) is 0.778. The molecule has 0 radical (unpaired) electrons. The number of ketones is 1. The molecule has 0 spiro atoms. The van der Waals surface area contributed by atoms with Crippen molar-refractivity contribution in [2.75, 3.05) is 13.1 Å². The Morgan fingerprint density at radius 2 is 1.57 bits per heavy atom. The van der Waals surface area contributed by atoms with E-state index in [0.717, 1.165) is 12.8 Å². The first-order valence-corrected chi connectivity index (χ1v) is 9.70. The smallest absolute Gasteiger partial charge is 0.312 e. The van der Waals surface area contributed by atoms with Gasteiger partial charge in [0.25, 0.3) is 0 Å². The molecule has 0 aliphatic rings. The van der Waals surface area contributed by atoms with E-state index in [4.69, 9.17) is 17.2 Å². The number of hydrogen-bond donors (Lipinski definition) is 6. The predicted molar refractivity (Wildman–Crippen MR) is 107 cm³/mol. The van der Waals surface area contributed by atoms with E-state index in [1.54, 1.807) is 13.8 Å². The van der Waals surface area contributed by atoms with Crippen LogP contribution in [0.1, 0.15) is 52.9 Å². The van der Waals surface area contributed by atoms with Gasteiger partial charge in [0.05, 0.1) is 12.1 Å². The number of hydrogen-bond acceptors (Lipinski definition) is 6. The summed E-state index contributed by atoms with van der Waals surface area (Å²) in [5.41, 5.74) is 16.3. The van der Waals surface area contributed by atoms with E-state index in [1.165, 1.54) is 6.92 Å². The van der Waals surface area contributed by atoms with Crippen molar-refractivity contribution in [2.45, 2.75) is 71.0 Å². The summed E-state index contributed by atoms with van der Waals surface area (Å²) in [5, 5.41) is 7.79. The summed E-state index contributed by atoms with van der Waals surface area (Å²) < 4.78 is 0. The molecule has 0 saturated heterocycles. The van der Waals surface area contributed by atoms with Crippen LogP contribution in [0.15, 0.2) is 0 Å². The second-order valence-electron chi connectivity index (χ2n) is 7.23. The van der Waals surface area contributed by atoms with Gasteiger partial charge in [-0.1, -0.05) is 20.3 Å². The molecule has 0 heterocycles. The number of rotatable bonds is 14. The number of Topliss-reactive ketones (excluding diaryl/α,β-unsaturated/α-hetero) is 1. The van der Waals surface area contributed by atoms with Crippen molar-refractivity contribution in [1.82, 2.24) is 16.0 Å². The third kappa shape index (κ3) is 10.8. The number of nitrogens with one attached hydrogen (secondary N) is 3. The second kappa shape index (κ2) is 13.9. The molecule has 0 rings (SSSR count). The third-order valence-electron chi connectivity index (χ3n) is 4.33. The lowest BCUT2D eigenvalue weighted by Crippen LogP contribution is -2.56. The van der Waals surface area contributed by atoms with Crippen LogP contribution in [0, 0.1) is 5.92 Å². The number of primary amides is 1. The van der Waals surface area contributed by atoms with Gasteiger partial charge < -0.3 is 33.2 Å². The third-order valence-corrected chi connectivity index (χ3v) is 4.33. The Morgan fingerprint density at radius 1 is 0.929 bits per heavy atom. The summed E-state index contributed by atoms with van der Waals surface area (Å²) in [5.74, 6) is -1.25. The molecule has 10 heteroatoms. The Hall–Kier alpha value is -2.20. The molecule has 0 fully saturated rings. The van der Waals surface area contributed by atoms with Crippen LogP contribution in [-0.4, -0.2) is 54.8 Å². The summed E-state index contributed by atoms with van der Waals surface area (Å²) in [6, 6.07) is -2.88. The van der Waals surface area contributed by atoms with E-state index in [-0.39, 0.29) is 11.7 Å². The standard InChI is InChI=1S/C18H36N6O4/c1-11(2)15(24-16(26)13(20)7-4-5-9-19)17(27)23-14(12(3)25)8-6-10-22-18(21)28/h11,13-15H,4-10,19-20H2,1-3H3,(H,23,27)(H,24,26)(H3,21,22,28)/t13?,14?,15-/m0/s1. The van der Waals surface area contributed by atoms with Crippen LogP contribution in [0.25, 0.3) is 0 Å². The lowest BCUT2D eigenvalue weighted by Gasteiger charge is -2.26. The van der Waals surface area contributed by atoms with Gasteiger partial charge in [0, 0.05) is 6.54 Å². The van der Waals surface area contributed by atoms with Crippen LogP contribution < -0.4 is 33.2 Å². The molecular weight excluding hydrogens is 364 g/mol. The topological polar surface area (TPSA) is 182 Å². The fourth-order valence-electron chi connectivity index (χ4n) is 2.59. The second-order valence-corrected chi connectivity index (χ2v) is 7.23. The van der Waals surface area contributed by atoms with Crippen LogP contribution in [-0.2, 0) is 14.4 Å². The molecule has 4 amide bonds. The maximum atomic E-state index is 12.6. The summed E-state index contributed by atoms with van der Waals surface area (Å²) >= 11 is 0. The normalized spacial score (nSPS) is 14.1. The van der Waals surface area contributed by atoms with Gasteiger partial charge in [0.1, 0.15) is 6.04 Å². The molecule has 0 aliphatic heterocycles. The summed E-state index contributed by atoms with van der Waals surface area (Å²) in [4.78, 5) is 47.4. The Bertz CT molecular complexity index is 526. The van der Waals surface area contributed by atoms with Crippen molar-refractivity contribution in [3.05, 3.63) is 0 Å². The van der Waals surface area contributed by atoms with Crippen molar-refractivity contribution < 1.29 is 19.2 Å². The number of nitrogens with two attached hydrogens (primary N) is 3. The molecule has 0 aromatic carbocycles. The van der Waals surface area contributed by atoms with Crippen molar-refractivity contribution in [3.8, 4) is 0 Å². The largest absolute Gasteiger partial charge is 0.352 e. The number of amides is 4. The van der Waals surface area contributed by atoms with Crippen molar-refractivity contribution >= 4 is 23.6 Å². The quantitative estimate of drug-likeness (QED) is 0.205. The Labute approximate surface area is 166 Å². The predicted octanol–water partition coefficient (Wildman–Crippen LogP) is -0.894. The number of urea groups is 1. The zero-order valence-corrected chi connectivity index (χ0v) is 17.1. The fourth-order valence-corrected chi connectivity index (χ4v) is 2.59. The van der Waals surface area contributed by atoms with Gasteiger partial charge in [-0.3, -0.25) is 14.4 Å². The Kier molecular flexibility index (Phi) is 12.8. The van der Waals surface area contributed by atoms with E-state index in [2.05, 4.69) is 16.0 Å². The van der Waals surface area contributed by atoms with Crippen molar-refractivity contribution in [3.63, 3.8) is 0 Å². The number of carbonyl (C=O) groups is 4. The highest BCUT2D eigenvalue weighted by Crippen LogP contribution is 2.07. The molecule has 9 N–H and O–H groups in total. The molecule has 0 bridgehead atoms. The number of unbranched alkanes of at least 4 members (excludes halogenated alkanes) is 1. The average molecular weight is 401 g/mol. The SMILES string of the molecule is CC(=O)C(CCCNC(N)=O)NC(=O)[C@@H](NC(=O)C(N)CCCCN)C(C)C. The molecule has 0 aromatic heterocycles. The lowest BCUT2D eigenvalue weighted by atomic mass is 10.0. The molecule has 2 unspecified atom stereocenters. The van der Waals surface area contributed by atoms with Gasteiger partial charge >= 0.3 is 6.03 Å². The maximum Gasteiger partial charge on any atom is 0.312 e. The van der Waals surface area contributed by atoms with Gasteiger partial charge in [-0.2, -0.15) is 0 Å². The maximum absolute atomic E-state index is 12.6. The van der Waals surface area contributed by atoms with E-state index in [9.17, 15) is 19.2 Å². The van der Waals surface area contributed by atoms with Crippen LogP contribution in [0.2, 0.25) is 0 Å². The van der Waals surface area contributed by atoms with Gasteiger partial charge in [0.15, 0.2) is 5.78 Å². The van der Waals surface area contributed by atoms with Crippen molar-refractivity contribution in [2.24, 2.45) is 23.1 Å². The average Bonchev–Trinajstić information content (AvgIpc) is 2.61. The minimum absolute atomic E-state index is 0.190. The first kappa shape index (κ1) is 25.8. The molecule has 0 aromatic rings. The van der Waals surface area contributed by atoms with Crippen molar-refractivity contribution in [1.29, 1.82) is 0 Å². The molecule has 28 heavy (non-hydrogen) atoms. The molecule has 10 nitrogen and oxygen atoms in total. The van der Waals surface area contributed by atoms with Gasteiger partial charge in [-0.05, 0) is 45.1 Å². The Balaban J connectivity index is 4.77. The van der Waals surface area contributed by atoms with Crippen LogP contribution >= 0.6 is 0 Å². The minimum Gasteiger partial charge on any atom is -0.352 e. The molecule has 0 aliphatic carbocycles. The zero-order chi connectivity index (χ0) is 21.7. The van der Waals surface area contributed by atoms with E-state index in [0.29, 0.717) is 32.4 Å². The minimum atomic E-state index is -0.807. The molecule has 162 valence electrons. The molecule has 0 saturated carbocycles. The van der Waals surface area contributed by atoms with Crippen LogP contribution in [0.3, 0.4) is 0 Å². The van der Waals surface area contributed by atoms with Gasteiger partial charge in [-0.25, -0.2) is 4.79 Å². The summed E-state index contributed by atoms with van der Waals surface area (Å²) in [7, 11) is 0. The first-order chi connectivity index (χ1) is 13.1. The lowest BCUT2D eigenvalue weighted by molar-refractivity contribution is -0.132. The Morgan fingerprint density at radius 3 is 2.07 bits per heavy atom. The first-order valence-electron chi connectivity index (χ1n) is 9.70.